The molecule has 0 spiro atoms. The van der Waals surface area contributed by atoms with E-state index in [9.17, 15) is 8.42 Å². The van der Waals surface area contributed by atoms with Crippen LogP contribution in [0.1, 0.15) is 0 Å². The molecular formula is C7H8BrNO3S. The summed E-state index contributed by atoms with van der Waals surface area (Å²) in [5, 5.41) is 0. The normalized spacial score (nSPS) is 11.5. The molecule has 0 atom stereocenters. The van der Waals surface area contributed by atoms with Gasteiger partial charge in [0.1, 0.15) is 5.52 Å². The number of alkyl halides is 1. The first kappa shape index (κ1) is 10.6. The SMILES string of the molecule is O=S(=O)(NOCBr)c1ccccc1. The highest BCUT2D eigenvalue weighted by Gasteiger charge is 2.12. The standard InChI is InChI=1S/C7H8BrNO3S/c8-6-12-9-13(10,11)7-4-2-1-3-5-7/h1-5,9H,6H2. The molecule has 0 bridgehead atoms. The highest BCUT2D eigenvalue weighted by Crippen LogP contribution is 2.06. The lowest BCUT2D eigenvalue weighted by Gasteiger charge is -2.03. The summed E-state index contributed by atoms with van der Waals surface area (Å²) in [7, 11) is -3.52. The zero-order valence-corrected chi connectivity index (χ0v) is 9.01. The van der Waals surface area contributed by atoms with E-state index in [4.69, 9.17) is 0 Å². The molecule has 4 nitrogen and oxygen atoms in total. The van der Waals surface area contributed by atoms with Crippen molar-refractivity contribution < 1.29 is 13.3 Å². The van der Waals surface area contributed by atoms with Gasteiger partial charge in [0.05, 0.1) is 4.90 Å². The molecule has 72 valence electrons. The van der Waals surface area contributed by atoms with Crippen molar-refractivity contribution in [2.24, 2.45) is 0 Å². The van der Waals surface area contributed by atoms with Crippen LogP contribution in [0.3, 0.4) is 0 Å². The van der Waals surface area contributed by atoms with E-state index in [1.54, 1.807) is 18.2 Å². The van der Waals surface area contributed by atoms with Crippen LogP contribution in [0.15, 0.2) is 35.2 Å². The van der Waals surface area contributed by atoms with Crippen LogP contribution in [0.4, 0.5) is 0 Å². The second kappa shape index (κ2) is 4.71. The highest BCUT2D eigenvalue weighted by atomic mass is 79.9. The molecule has 0 aliphatic carbocycles. The molecule has 6 heteroatoms. The lowest BCUT2D eigenvalue weighted by Crippen LogP contribution is -2.23. The van der Waals surface area contributed by atoms with Crippen LogP contribution in [0.25, 0.3) is 0 Å². The first-order valence-electron chi connectivity index (χ1n) is 3.41. The van der Waals surface area contributed by atoms with Gasteiger partial charge in [0.25, 0.3) is 10.0 Å². The van der Waals surface area contributed by atoms with Crippen molar-refractivity contribution in [2.75, 3.05) is 5.52 Å². The summed E-state index contributed by atoms with van der Waals surface area (Å²) in [5.74, 6) is 0. The van der Waals surface area contributed by atoms with Crippen molar-refractivity contribution in [3.05, 3.63) is 30.3 Å². The summed E-state index contributed by atoms with van der Waals surface area (Å²) in [6.07, 6.45) is 0. The summed E-state index contributed by atoms with van der Waals surface area (Å²) in [6.45, 7) is 0. The minimum atomic E-state index is -3.52. The third kappa shape index (κ3) is 3.07. The van der Waals surface area contributed by atoms with Crippen LogP contribution in [0.2, 0.25) is 0 Å². The highest BCUT2D eigenvalue weighted by molar-refractivity contribution is 9.09. The largest absolute Gasteiger partial charge is 0.275 e. The number of hydrogen-bond acceptors (Lipinski definition) is 3. The topological polar surface area (TPSA) is 55.4 Å². The van der Waals surface area contributed by atoms with E-state index in [0.29, 0.717) is 0 Å². The van der Waals surface area contributed by atoms with Crippen LogP contribution < -0.4 is 4.89 Å². The van der Waals surface area contributed by atoms with E-state index in [-0.39, 0.29) is 10.4 Å². The molecule has 0 aliphatic heterocycles. The molecule has 0 fully saturated rings. The third-order valence-electron chi connectivity index (χ3n) is 1.28. The monoisotopic (exact) mass is 265 g/mol. The molecule has 0 unspecified atom stereocenters. The molecule has 1 N–H and O–H groups in total. The Kier molecular flexibility index (Phi) is 3.86. The van der Waals surface area contributed by atoms with Crippen LogP contribution in [-0.2, 0) is 14.9 Å². The third-order valence-corrected chi connectivity index (χ3v) is 2.74. The Morgan fingerprint density at radius 2 is 1.92 bits per heavy atom. The number of sulfonamides is 1. The maximum absolute atomic E-state index is 11.3. The van der Waals surface area contributed by atoms with Crippen molar-refractivity contribution in [1.29, 1.82) is 0 Å². The van der Waals surface area contributed by atoms with Gasteiger partial charge >= 0.3 is 0 Å². The molecule has 1 rings (SSSR count). The van der Waals surface area contributed by atoms with Gasteiger partial charge in [-0.3, -0.25) is 4.84 Å². The molecule has 0 aliphatic rings. The Hall–Kier alpha value is -0.430. The van der Waals surface area contributed by atoms with Gasteiger partial charge < -0.3 is 0 Å². The predicted molar refractivity (Wildman–Crippen MR) is 51.6 cm³/mol. The summed E-state index contributed by atoms with van der Waals surface area (Å²) in [5.41, 5.74) is 0.110. The van der Waals surface area contributed by atoms with Crippen molar-refractivity contribution in [3.8, 4) is 0 Å². The molecule has 0 amide bonds. The van der Waals surface area contributed by atoms with Crippen LogP contribution in [-0.4, -0.2) is 13.9 Å². The molecule has 13 heavy (non-hydrogen) atoms. The van der Waals surface area contributed by atoms with E-state index in [0.717, 1.165) is 0 Å². The Bertz CT molecular complexity index is 351. The van der Waals surface area contributed by atoms with Crippen molar-refractivity contribution in [3.63, 3.8) is 0 Å². The number of halogens is 1. The fourth-order valence-corrected chi connectivity index (χ4v) is 1.84. The number of rotatable bonds is 4. The van der Waals surface area contributed by atoms with Gasteiger partial charge in [-0.15, -0.1) is 0 Å². The Morgan fingerprint density at radius 3 is 2.46 bits per heavy atom. The van der Waals surface area contributed by atoms with E-state index in [1.807, 2.05) is 4.89 Å². The molecule has 0 aromatic heterocycles. The van der Waals surface area contributed by atoms with E-state index in [2.05, 4.69) is 20.8 Å². The fraction of sp³-hybridized carbons (Fsp3) is 0.143. The van der Waals surface area contributed by atoms with Crippen molar-refractivity contribution in [2.45, 2.75) is 4.90 Å². The van der Waals surface area contributed by atoms with Crippen LogP contribution in [0.5, 0.6) is 0 Å². The predicted octanol–water partition coefficient (Wildman–Crippen LogP) is 1.25. The molecular weight excluding hydrogens is 258 g/mol. The average molecular weight is 266 g/mol. The minimum Gasteiger partial charge on any atom is -0.275 e. The first-order chi connectivity index (χ1) is 6.17. The molecule has 0 saturated heterocycles. The lowest BCUT2D eigenvalue weighted by molar-refractivity contribution is 0.141. The number of hydrogen-bond donors (Lipinski definition) is 1. The fourth-order valence-electron chi connectivity index (χ4n) is 0.748. The second-order valence-corrected chi connectivity index (χ2v) is 4.26. The van der Waals surface area contributed by atoms with E-state index in [1.165, 1.54) is 12.1 Å². The van der Waals surface area contributed by atoms with Crippen molar-refractivity contribution >= 4 is 26.0 Å². The summed E-state index contributed by atoms with van der Waals surface area (Å²) in [6, 6.07) is 8.00. The zero-order valence-electron chi connectivity index (χ0n) is 6.60. The zero-order chi connectivity index (χ0) is 9.73. The van der Waals surface area contributed by atoms with Gasteiger partial charge in [0.15, 0.2) is 0 Å². The average Bonchev–Trinajstić information content (AvgIpc) is 2.16. The van der Waals surface area contributed by atoms with Gasteiger partial charge in [0.2, 0.25) is 0 Å². The van der Waals surface area contributed by atoms with Gasteiger partial charge in [-0.1, -0.05) is 39.0 Å². The second-order valence-electron chi connectivity index (χ2n) is 2.15. The minimum absolute atomic E-state index is 0.110. The van der Waals surface area contributed by atoms with E-state index < -0.39 is 10.0 Å². The summed E-state index contributed by atoms with van der Waals surface area (Å²) >= 11 is 2.93. The van der Waals surface area contributed by atoms with E-state index >= 15 is 0 Å². The molecule has 0 saturated carbocycles. The summed E-state index contributed by atoms with van der Waals surface area (Å²) < 4.78 is 22.7. The quantitative estimate of drug-likeness (QED) is 0.659. The van der Waals surface area contributed by atoms with Crippen LogP contribution in [0, 0.1) is 0 Å². The van der Waals surface area contributed by atoms with Gasteiger partial charge in [-0.25, -0.2) is 8.42 Å². The lowest BCUT2D eigenvalue weighted by atomic mass is 10.4. The number of benzene rings is 1. The molecule has 0 heterocycles. The molecule has 1 aromatic carbocycles. The van der Waals surface area contributed by atoms with Gasteiger partial charge in [0, 0.05) is 0 Å². The molecule has 1 aromatic rings. The maximum Gasteiger partial charge on any atom is 0.262 e. The van der Waals surface area contributed by atoms with Crippen LogP contribution >= 0.6 is 15.9 Å². The van der Waals surface area contributed by atoms with Crippen molar-refractivity contribution in [1.82, 2.24) is 4.89 Å². The first-order valence-corrected chi connectivity index (χ1v) is 6.02. The van der Waals surface area contributed by atoms with Gasteiger partial charge in [-0.2, -0.15) is 0 Å². The van der Waals surface area contributed by atoms with Gasteiger partial charge in [-0.05, 0) is 12.1 Å². The maximum atomic E-state index is 11.3. The smallest absolute Gasteiger partial charge is 0.262 e. The summed E-state index contributed by atoms with van der Waals surface area (Å²) in [4.78, 5) is 6.66. The Morgan fingerprint density at radius 1 is 1.31 bits per heavy atom. The number of nitrogens with one attached hydrogen (secondary N) is 1. The molecule has 0 radical (unpaired) electrons. The Balaban J connectivity index is 2.83. The Labute approximate surface area is 85.0 Å².